The summed E-state index contributed by atoms with van der Waals surface area (Å²) in [5.74, 6) is 0. The van der Waals surface area contributed by atoms with Crippen LogP contribution in [0.15, 0.2) is 158 Å². The number of fused-ring (bicyclic) bond motifs is 2. The Morgan fingerprint density at radius 3 is 1.50 bits per heavy atom. The fourth-order valence-electron chi connectivity index (χ4n) is 7.52. The molecule has 5 heterocycles. The van der Waals surface area contributed by atoms with E-state index in [-0.39, 0.29) is 0 Å². The van der Waals surface area contributed by atoms with Crippen LogP contribution in [0.25, 0.3) is 67.0 Å². The van der Waals surface area contributed by atoms with Gasteiger partial charge in [-0.15, -0.1) is 0 Å². The minimum Gasteiger partial charge on any atom is -0.399 e. The van der Waals surface area contributed by atoms with E-state index in [4.69, 9.17) is 19.3 Å². The molecule has 1 atom stereocenters. The van der Waals surface area contributed by atoms with Crippen molar-refractivity contribution in [2.75, 3.05) is 0 Å². The zero-order valence-corrected chi connectivity index (χ0v) is 28.3. The maximum Gasteiger partial charge on any atom is 0.495 e. The lowest BCUT2D eigenvalue weighted by Gasteiger charge is -2.38. The number of hydrogen-bond donors (Lipinski definition) is 0. The summed E-state index contributed by atoms with van der Waals surface area (Å²) < 4.78 is 14.0. The quantitative estimate of drug-likeness (QED) is 0.179. The van der Waals surface area contributed by atoms with Gasteiger partial charge in [0, 0.05) is 34.6 Å². The third-order valence-electron chi connectivity index (χ3n) is 10.5. The molecule has 240 valence electrons. The van der Waals surface area contributed by atoms with E-state index in [9.17, 15) is 0 Å². The van der Waals surface area contributed by atoms with Crippen LogP contribution in [0.4, 0.5) is 0 Å². The van der Waals surface area contributed by atoms with Crippen LogP contribution in [0.3, 0.4) is 0 Å². The molecule has 0 saturated carbocycles. The van der Waals surface area contributed by atoms with Crippen molar-refractivity contribution in [2.45, 2.75) is 32.0 Å². The lowest BCUT2D eigenvalue weighted by atomic mass is 9.75. The van der Waals surface area contributed by atoms with Crippen LogP contribution in [0.2, 0.25) is 0 Å². The Bertz CT molecular complexity index is 2370. The van der Waals surface area contributed by atoms with Crippen LogP contribution in [0, 0.1) is 0 Å². The second kappa shape index (κ2) is 11.8. The number of aromatic nitrogens is 2. The predicted molar refractivity (Wildman–Crippen MR) is 204 cm³/mol. The lowest BCUT2D eigenvalue weighted by Crippen LogP contribution is -2.42. The van der Waals surface area contributed by atoms with Crippen LogP contribution in [-0.2, 0) is 14.9 Å². The van der Waals surface area contributed by atoms with Gasteiger partial charge in [0.2, 0.25) is 0 Å². The van der Waals surface area contributed by atoms with Crippen molar-refractivity contribution in [3.8, 4) is 67.0 Å². The van der Waals surface area contributed by atoms with Crippen molar-refractivity contribution < 1.29 is 9.31 Å². The molecular formula is C45H35BN2O2. The Kier molecular flexibility index (Phi) is 7.16. The van der Waals surface area contributed by atoms with E-state index in [1.54, 1.807) is 0 Å². The van der Waals surface area contributed by atoms with Crippen LogP contribution >= 0.6 is 0 Å². The molecule has 4 nitrogen and oxygen atoms in total. The fraction of sp³-hybridized carbons (Fsp3) is 0.111. The lowest BCUT2D eigenvalue weighted by molar-refractivity contribution is -0.0129. The Labute approximate surface area is 293 Å². The smallest absolute Gasteiger partial charge is 0.399 e. The second-order valence-corrected chi connectivity index (χ2v) is 13.8. The first-order valence-electron chi connectivity index (χ1n) is 17.2. The molecule has 0 aliphatic carbocycles. The summed E-state index contributed by atoms with van der Waals surface area (Å²) in [7, 11) is -0.593. The Morgan fingerprint density at radius 1 is 0.440 bits per heavy atom. The molecule has 0 amide bonds. The summed E-state index contributed by atoms with van der Waals surface area (Å²) in [4.78, 5) is 9.88. The van der Waals surface area contributed by atoms with Gasteiger partial charge in [0.05, 0.1) is 17.0 Å². The summed E-state index contributed by atoms with van der Waals surface area (Å²) in [5.41, 5.74) is 13.4. The number of hydrogen-bond acceptors (Lipinski definition) is 4. The molecule has 5 heteroatoms. The monoisotopic (exact) mass is 646 g/mol. The summed E-state index contributed by atoms with van der Waals surface area (Å²) in [6.07, 6.45) is 3.97. The first kappa shape index (κ1) is 30.4. The highest BCUT2D eigenvalue weighted by Crippen LogP contribution is 2.48. The number of rotatable bonds is 3. The van der Waals surface area contributed by atoms with Crippen molar-refractivity contribution in [3.63, 3.8) is 0 Å². The average molecular weight is 647 g/mol. The number of nitrogens with zero attached hydrogens (tertiary/aromatic N) is 2. The van der Waals surface area contributed by atoms with E-state index in [0.717, 1.165) is 78.0 Å². The molecule has 10 rings (SSSR count). The second-order valence-electron chi connectivity index (χ2n) is 13.8. The first-order valence-corrected chi connectivity index (χ1v) is 17.2. The summed E-state index contributed by atoms with van der Waals surface area (Å²) in [5, 5.41) is 0. The van der Waals surface area contributed by atoms with Crippen LogP contribution in [0.5, 0.6) is 0 Å². The largest absolute Gasteiger partial charge is 0.495 e. The van der Waals surface area contributed by atoms with Gasteiger partial charge in [-0.1, -0.05) is 127 Å². The van der Waals surface area contributed by atoms with Gasteiger partial charge in [0.15, 0.2) is 0 Å². The highest BCUT2D eigenvalue weighted by Gasteiger charge is 2.56. The molecule has 2 aromatic heterocycles. The van der Waals surface area contributed by atoms with E-state index >= 15 is 0 Å². The van der Waals surface area contributed by atoms with Crippen molar-refractivity contribution in [2.24, 2.45) is 0 Å². The van der Waals surface area contributed by atoms with E-state index in [0.29, 0.717) is 0 Å². The van der Waals surface area contributed by atoms with E-state index in [1.165, 1.54) is 0 Å². The average Bonchev–Trinajstić information content (AvgIpc) is 3.43. The molecular weight excluding hydrogens is 611 g/mol. The maximum atomic E-state index is 7.10. The molecule has 0 spiro atoms. The highest BCUT2D eigenvalue weighted by molar-refractivity contribution is 6.62. The molecule has 3 aliphatic rings. The zero-order chi connectivity index (χ0) is 33.9. The maximum absolute atomic E-state index is 7.10. The Hall–Kier alpha value is -5.62. The number of benzene rings is 5. The summed E-state index contributed by atoms with van der Waals surface area (Å²) >= 11 is 0. The third kappa shape index (κ3) is 5.01. The zero-order valence-electron chi connectivity index (χ0n) is 28.3. The molecule has 7 aromatic rings. The molecule has 5 aromatic carbocycles. The Morgan fingerprint density at radius 2 is 0.940 bits per heavy atom. The van der Waals surface area contributed by atoms with E-state index in [1.807, 2.05) is 30.6 Å². The molecule has 0 N–H and O–H groups in total. The van der Waals surface area contributed by atoms with Gasteiger partial charge >= 0.3 is 7.12 Å². The Balaban J connectivity index is 1.25. The summed E-state index contributed by atoms with van der Waals surface area (Å²) in [6, 6.07) is 51.1. The van der Waals surface area contributed by atoms with Gasteiger partial charge in [-0.3, -0.25) is 9.97 Å². The van der Waals surface area contributed by atoms with Gasteiger partial charge in [0.1, 0.15) is 5.60 Å². The molecule has 0 radical (unpaired) electrons. The molecule has 6 bridgehead atoms. The van der Waals surface area contributed by atoms with Gasteiger partial charge in [0.25, 0.3) is 0 Å². The topological polar surface area (TPSA) is 44.2 Å². The minimum atomic E-state index is -0.753. The van der Waals surface area contributed by atoms with Crippen LogP contribution in [0.1, 0.15) is 26.3 Å². The van der Waals surface area contributed by atoms with Gasteiger partial charge < -0.3 is 9.31 Å². The molecule has 3 aliphatic heterocycles. The van der Waals surface area contributed by atoms with E-state index < -0.39 is 18.3 Å². The normalized spacial score (nSPS) is 17.1. The summed E-state index contributed by atoms with van der Waals surface area (Å²) in [6.45, 7) is 6.40. The van der Waals surface area contributed by atoms with Crippen LogP contribution < -0.4 is 5.46 Å². The number of pyridine rings is 2. The standard InChI is InChI=1S/C45H35BN2O2/c1-44(2)45(3)41-20-12-11-19-40(41)43-24-22-32(29-48-43)37-16-8-10-18-39(37)34-25-33(26-35(27-34)46(49-44)50-45)38-17-9-7-15-36(38)31-21-23-42(47-28-31)30-13-5-4-6-14-30/h4-29H,1-3H3. The van der Waals surface area contributed by atoms with Gasteiger partial charge in [-0.05, 0) is 83.4 Å². The fourth-order valence-corrected chi connectivity index (χ4v) is 7.52. The van der Waals surface area contributed by atoms with Crippen molar-refractivity contribution in [1.82, 2.24) is 9.97 Å². The third-order valence-corrected chi connectivity index (χ3v) is 10.5. The predicted octanol–water partition coefficient (Wildman–Crippen LogP) is 10.2. The van der Waals surface area contributed by atoms with Gasteiger partial charge in [-0.2, -0.15) is 0 Å². The minimum absolute atomic E-state index is 0.593. The molecule has 50 heavy (non-hydrogen) atoms. The first-order chi connectivity index (χ1) is 24.4. The van der Waals surface area contributed by atoms with Crippen molar-refractivity contribution in [1.29, 1.82) is 0 Å². The SMILES string of the molecule is CC1(C)OB2OC1(C)c1ccccc1-c1ccc(cn1)-c1ccccc1-c1cc2cc(-c2ccccc2-c2ccc(-c3ccccc3)nc2)c1. The van der Waals surface area contributed by atoms with Crippen molar-refractivity contribution >= 4 is 12.6 Å². The van der Waals surface area contributed by atoms with Gasteiger partial charge in [-0.25, -0.2) is 0 Å². The van der Waals surface area contributed by atoms with Crippen molar-refractivity contribution in [3.05, 3.63) is 164 Å². The molecule has 1 saturated heterocycles. The van der Waals surface area contributed by atoms with Crippen LogP contribution in [-0.4, -0.2) is 22.7 Å². The molecule has 1 fully saturated rings. The highest BCUT2D eigenvalue weighted by atomic mass is 16.7. The van der Waals surface area contributed by atoms with E-state index in [2.05, 4.69) is 148 Å². The molecule has 1 unspecified atom stereocenters.